The van der Waals surface area contributed by atoms with Crippen LogP contribution in [0.1, 0.15) is 110 Å². The van der Waals surface area contributed by atoms with Crippen molar-refractivity contribution in [2.24, 2.45) is 5.92 Å². The molecule has 1 aliphatic rings. The zero-order valence-corrected chi connectivity index (χ0v) is 17.1. The second-order valence-electron chi connectivity index (χ2n) is 8.25. The molecule has 1 fully saturated rings. The van der Waals surface area contributed by atoms with Gasteiger partial charge in [0.25, 0.3) is 0 Å². The maximum Gasteiger partial charge on any atom is 0.222 e. The summed E-state index contributed by atoms with van der Waals surface area (Å²) in [6, 6.07) is 0. The summed E-state index contributed by atoms with van der Waals surface area (Å²) in [5, 5.41) is 0. The zero-order valence-electron chi connectivity index (χ0n) is 17.1. The van der Waals surface area contributed by atoms with Gasteiger partial charge in [0.1, 0.15) is 0 Å². The summed E-state index contributed by atoms with van der Waals surface area (Å²) in [5.41, 5.74) is 0. The molecule has 1 amide bonds. The van der Waals surface area contributed by atoms with Gasteiger partial charge in [-0.25, -0.2) is 0 Å². The molecule has 2 heteroatoms. The van der Waals surface area contributed by atoms with Crippen molar-refractivity contribution in [3.05, 3.63) is 12.2 Å². The Bertz CT molecular complexity index is 342. The van der Waals surface area contributed by atoms with Crippen molar-refractivity contribution in [3.63, 3.8) is 0 Å². The predicted octanol–water partition coefficient (Wildman–Crippen LogP) is 6.89. The molecule has 0 saturated carbocycles. The van der Waals surface area contributed by atoms with Gasteiger partial charge in [-0.05, 0) is 50.9 Å². The maximum absolute atomic E-state index is 11.9. The largest absolute Gasteiger partial charge is 0.343 e. The van der Waals surface area contributed by atoms with Gasteiger partial charge in [-0.2, -0.15) is 0 Å². The number of allylic oxidation sites excluding steroid dienone is 2. The van der Waals surface area contributed by atoms with E-state index in [0.29, 0.717) is 5.91 Å². The van der Waals surface area contributed by atoms with Crippen LogP contribution in [0, 0.1) is 5.92 Å². The Morgan fingerprint density at radius 2 is 1.32 bits per heavy atom. The van der Waals surface area contributed by atoms with Gasteiger partial charge in [-0.3, -0.25) is 4.79 Å². The number of nitrogens with zero attached hydrogens (tertiary/aromatic N) is 1. The second-order valence-corrected chi connectivity index (χ2v) is 8.25. The Kier molecular flexibility index (Phi) is 13.8. The standard InChI is InChI=1S/C23H43NO/c1-22(2)18-14-12-10-8-6-4-3-5-7-9-11-13-15-19-23(25)24-20-16-17-21-24/h10,12,22H,3-9,11,13-21H2,1-2H3. The number of unbranched alkanes of at least 4 members (excludes halogenated alkanes) is 9. The quantitative estimate of drug-likeness (QED) is 0.233. The molecule has 0 spiro atoms. The fourth-order valence-electron chi connectivity index (χ4n) is 3.57. The van der Waals surface area contributed by atoms with Crippen molar-refractivity contribution in [3.8, 4) is 0 Å². The smallest absolute Gasteiger partial charge is 0.222 e. The Morgan fingerprint density at radius 3 is 1.92 bits per heavy atom. The average Bonchev–Trinajstić information content (AvgIpc) is 3.12. The van der Waals surface area contributed by atoms with E-state index in [1.807, 2.05) is 0 Å². The van der Waals surface area contributed by atoms with Crippen LogP contribution >= 0.6 is 0 Å². The summed E-state index contributed by atoms with van der Waals surface area (Å²) in [7, 11) is 0. The summed E-state index contributed by atoms with van der Waals surface area (Å²) in [6.07, 6.45) is 23.7. The fourth-order valence-corrected chi connectivity index (χ4v) is 3.57. The van der Waals surface area contributed by atoms with Gasteiger partial charge in [0.05, 0.1) is 0 Å². The third-order valence-electron chi connectivity index (χ3n) is 5.30. The molecule has 0 aromatic carbocycles. The van der Waals surface area contributed by atoms with Gasteiger partial charge in [-0.15, -0.1) is 0 Å². The van der Waals surface area contributed by atoms with Crippen LogP contribution in [0.15, 0.2) is 12.2 Å². The lowest BCUT2D eigenvalue weighted by molar-refractivity contribution is -0.130. The molecule has 0 unspecified atom stereocenters. The maximum atomic E-state index is 11.9. The summed E-state index contributed by atoms with van der Waals surface area (Å²) < 4.78 is 0. The molecule has 2 nitrogen and oxygen atoms in total. The number of hydrogen-bond donors (Lipinski definition) is 0. The molecule has 1 saturated heterocycles. The fraction of sp³-hybridized carbons (Fsp3) is 0.870. The SMILES string of the molecule is CC(C)CCC=CCCCCCCCCCCCC(=O)N1CCCC1. The first-order valence-electron chi connectivity index (χ1n) is 11.1. The Hall–Kier alpha value is -0.790. The van der Waals surface area contributed by atoms with Gasteiger partial charge >= 0.3 is 0 Å². The van der Waals surface area contributed by atoms with Crippen molar-refractivity contribution >= 4 is 5.91 Å². The van der Waals surface area contributed by atoms with Gasteiger partial charge in [0.2, 0.25) is 5.91 Å². The Balaban J connectivity index is 1.75. The van der Waals surface area contributed by atoms with Crippen molar-refractivity contribution in [1.29, 1.82) is 0 Å². The molecule has 0 aromatic rings. The number of amides is 1. The van der Waals surface area contributed by atoms with Crippen molar-refractivity contribution < 1.29 is 4.79 Å². The van der Waals surface area contributed by atoms with E-state index >= 15 is 0 Å². The van der Waals surface area contributed by atoms with Crippen LogP contribution in [0.2, 0.25) is 0 Å². The second kappa shape index (κ2) is 15.5. The normalized spacial score (nSPS) is 14.9. The topological polar surface area (TPSA) is 20.3 Å². The number of rotatable bonds is 15. The molecule has 146 valence electrons. The number of carbonyl (C=O) groups is 1. The highest BCUT2D eigenvalue weighted by molar-refractivity contribution is 5.76. The van der Waals surface area contributed by atoms with Crippen LogP contribution in [0.3, 0.4) is 0 Å². The first kappa shape index (κ1) is 22.3. The van der Waals surface area contributed by atoms with Crippen LogP contribution in [-0.4, -0.2) is 23.9 Å². The average molecular weight is 350 g/mol. The molecular weight excluding hydrogens is 306 g/mol. The van der Waals surface area contributed by atoms with E-state index in [9.17, 15) is 4.79 Å². The molecule has 0 bridgehead atoms. The van der Waals surface area contributed by atoms with Crippen LogP contribution < -0.4 is 0 Å². The number of hydrogen-bond acceptors (Lipinski definition) is 1. The lowest BCUT2D eigenvalue weighted by Crippen LogP contribution is -2.27. The molecule has 1 aliphatic heterocycles. The van der Waals surface area contributed by atoms with E-state index in [1.165, 1.54) is 83.5 Å². The third kappa shape index (κ3) is 13.1. The molecule has 0 aliphatic carbocycles. The summed E-state index contributed by atoms with van der Waals surface area (Å²) >= 11 is 0. The highest BCUT2D eigenvalue weighted by atomic mass is 16.2. The van der Waals surface area contributed by atoms with Crippen LogP contribution in [0.5, 0.6) is 0 Å². The van der Waals surface area contributed by atoms with Crippen molar-refractivity contribution in [1.82, 2.24) is 4.90 Å². The highest BCUT2D eigenvalue weighted by Crippen LogP contribution is 2.14. The van der Waals surface area contributed by atoms with Gasteiger partial charge in [0, 0.05) is 19.5 Å². The summed E-state index contributed by atoms with van der Waals surface area (Å²) in [4.78, 5) is 14.0. The molecule has 0 atom stereocenters. The monoisotopic (exact) mass is 349 g/mol. The number of carbonyl (C=O) groups excluding carboxylic acids is 1. The van der Waals surface area contributed by atoms with Crippen LogP contribution in [-0.2, 0) is 4.79 Å². The zero-order chi connectivity index (χ0) is 18.2. The first-order chi connectivity index (χ1) is 12.2. The van der Waals surface area contributed by atoms with E-state index in [0.717, 1.165) is 31.8 Å². The Labute approximate surface area is 157 Å². The highest BCUT2D eigenvalue weighted by Gasteiger charge is 2.16. The minimum atomic E-state index is 0.399. The minimum Gasteiger partial charge on any atom is -0.343 e. The summed E-state index contributed by atoms with van der Waals surface area (Å²) in [6.45, 7) is 6.60. The van der Waals surface area contributed by atoms with Gasteiger partial charge in [-0.1, -0.05) is 70.9 Å². The minimum absolute atomic E-state index is 0.399. The lowest BCUT2D eigenvalue weighted by Gasteiger charge is -2.14. The van der Waals surface area contributed by atoms with Crippen molar-refractivity contribution in [2.45, 2.75) is 110 Å². The van der Waals surface area contributed by atoms with Gasteiger partial charge in [0.15, 0.2) is 0 Å². The van der Waals surface area contributed by atoms with E-state index in [2.05, 4.69) is 30.9 Å². The summed E-state index contributed by atoms with van der Waals surface area (Å²) in [5.74, 6) is 1.23. The number of likely N-dealkylation sites (tertiary alicyclic amines) is 1. The molecule has 1 rings (SSSR count). The Morgan fingerprint density at radius 1 is 0.800 bits per heavy atom. The first-order valence-corrected chi connectivity index (χ1v) is 11.1. The molecule has 0 N–H and O–H groups in total. The predicted molar refractivity (Wildman–Crippen MR) is 110 cm³/mol. The van der Waals surface area contributed by atoms with Crippen LogP contribution in [0.25, 0.3) is 0 Å². The van der Waals surface area contributed by atoms with Crippen LogP contribution in [0.4, 0.5) is 0 Å². The van der Waals surface area contributed by atoms with E-state index in [4.69, 9.17) is 0 Å². The van der Waals surface area contributed by atoms with E-state index < -0.39 is 0 Å². The molecule has 25 heavy (non-hydrogen) atoms. The molecule has 0 aromatic heterocycles. The van der Waals surface area contributed by atoms with Gasteiger partial charge < -0.3 is 4.90 Å². The lowest BCUT2D eigenvalue weighted by atomic mass is 10.0. The molecule has 0 radical (unpaired) electrons. The molecule has 1 heterocycles. The third-order valence-corrected chi connectivity index (χ3v) is 5.30. The molecular formula is C23H43NO. The van der Waals surface area contributed by atoms with E-state index in [1.54, 1.807) is 0 Å². The van der Waals surface area contributed by atoms with Crippen molar-refractivity contribution in [2.75, 3.05) is 13.1 Å². The van der Waals surface area contributed by atoms with E-state index in [-0.39, 0.29) is 0 Å².